The van der Waals surface area contributed by atoms with Crippen LogP contribution in [0.3, 0.4) is 0 Å². The second-order valence-electron chi connectivity index (χ2n) is 5.84. The van der Waals surface area contributed by atoms with Crippen molar-refractivity contribution in [3.63, 3.8) is 0 Å². The summed E-state index contributed by atoms with van der Waals surface area (Å²) in [6.45, 7) is 6.22. The van der Waals surface area contributed by atoms with Crippen molar-refractivity contribution in [2.75, 3.05) is 6.54 Å². The number of rotatable bonds is 6. The van der Waals surface area contributed by atoms with Gasteiger partial charge in [-0.1, -0.05) is 41.9 Å². The summed E-state index contributed by atoms with van der Waals surface area (Å²) >= 11 is 0. The third kappa shape index (κ3) is 4.43. The summed E-state index contributed by atoms with van der Waals surface area (Å²) in [4.78, 5) is 12.0. The fourth-order valence-electron chi connectivity index (χ4n) is 2.26. The number of aromatic nitrogens is 1. The molecule has 0 aliphatic heterocycles. The van der Waals surface area contributed by atoms with Gasteiger partial charge in [-0.2, -0.15) is 0 Å². The highest BCUT2D eigenvalue weighted by atomic mass is 16.5. The number of aliphatic hydroxyl groups excluding tert-OH is 1. The Bertz CT molecular complexity index is 617. The zero-order valence-corrected chi connectivity index (χ0v) is 13.2. The lowest BCUT2D eigenvalue weighted by molar-refractivity contribution is 0.0903. The molecule has 0 radical (unpaired) electrons. The molecule has 1 amide bonds. The van der Waals surface area contributed by atoms with E-state index in [9.17, 15) is 9.90 Å². The van der Waals surface area contributed by atoms with Crippen LogP contribution in [0.25, 0.3) is 11.3 Å². The second kappa shape index (κ2) is 7.22. The van der Waals surface area contributed by atoms with E-state index in [2.05, 4.69) is 10.5 Å². The normalized spacial score (nSPS) is 13.6. The molecule has 2 N–H and O–H groups in total. The van der Waals surface area contributed by atoms with E-state index >= 15 is 0 Å². The van der Waals surface area contributed by atoms with E-state index in [1.165, 1.54) is 0 Å². The average molecular weight is 302 g/mol. The molecular formula is C17H22N2O3. The Morgan fingerprint density at radius 2 is 2.00 bits per heavy atom. The molecule has 22 heavy (non-hydrogen) atoms. The highest BCUT2D eigenvalue weighted by Crippen LogP contribution is 2.19. The van der Waals surface area contributed by atoms with Crippen LogP contribution in [0.15, 0.2) is 34.9 Å². The van der Waals surface area contributed by atoms with E-state index in [4.69, 9.17) is 4.52 Å². The van der Waals surface area contributed by atoms with Crippen LogP contribution >= 0.6 is 0 Å². The SMILES string of the molecule is Cc1ccc(-c2cc(C(=O)NCC(C)CC(C)O)on2)cc1. The van der Waals surface area contributed by atoms with Crippen LogP contribution in [-0.4, -0.2) is 28.8 Å². The van der Waals surface area contributed by atoms with Crippen molar-refractivity contribution in [1.82, 2.24) is 10.5 Å². The van der Waals surface area contributed by atoms with Gasteiger partial charge in [0.2, 0.25) is 5.76 Å². The van der Waals surface area contributed by atoms with Gasteiger partial charge in [0.05, 0.1) is 6.10 Å². The molecule has 1 aromatic carbocycles. The number of hydrogen-bond donors (Lipinski definition) is 2. The van der Waals surface area contributed by atoms with Crippen LogP contribution in [0.1, 0.15) is 36.4 Å². The summed E-state index contributed by atoms with van der Waals surface area (Å²) < 4.78 is 5.11. The van der Waals surface area contributed by atoms with Crippen LogP contribution in [0, 0.1) is 12.8 Å². The Morgan fingerprint density at radius 3 is 2.64 bits per heavy atom. The number of amides is 1. The van der Waals surface area contributed by atoms with Crippen molar-refractivity contribution >= 4 is 5.91 Å². The van der Waals surface area contributed by atoms with E-state index in [1.807, 2.05) is 38.1 Å². The number of carbonyl (C=O) groups is 1. The van der Waals surface area contributed by atoms with Gasteiger partial charge in [0.1, 0.15) is 5.69 Å². The number of nitrogens with zero attached hydrogens (tertiary/aromatic N) is 1. The molecule has 2 rings (SSSR count). The minimum Gasteiger partial charge on any atom is -0.393 e. The maximum Gasteiger partial charge on any atom is 0.289 e. The molecule has 0 saturated carbocycles. The van der Waals surface area contributed by atoms with Gasteiger partial charge in [0.25, 0.3) is 5.91 Å². The summed E-state index contributed by atoms with van der Waals surface area (Å²) in [6.07, 6.45) is 0.274. The van der Waals surface area contributed by atoms with E-state index in [0.29, 0.717) is 18.7 Å². The molecule has 118 valence electrons. The van der Waals surface area contributed by atoms with Gasteiger partial charge in [-0.05, 0) is 26.2 Å². The van der Waals surface area contributed by atoms with Gasteiger partial charge < -0.3 is 14.9 Å². The number of aryl methyl sites for hydroxylation is 1. The highest BCUT2D eigenvalue weighted by molar-refractivity contribution is 5.92. The first-order chi connectivity index (χ1) is 10.5. The molecule has 1 heterocycles. The fraction of sp³-hybridized carbons (Fsp3) is 0.412. The van der Waals surface area contributed by atoms with Crippen molar-refractivity contribution < 1.29 is 14.4 Å². The maximum absolute atomic E-state index is 12.0. The van der Waals surface area contributed by atoms with Crippen molar-refractivity contribution in [2.24, 2.45) is 5.92 Å². The van der Waals surface area contributed by atoms with Crippen molar-refractivity contribution in [2.45, 2.75) is 33.3 Å². The Morgan fingerprint density at radius 1 is 1.32 bits per heavy atom. The van der Waals surface area contributed by atoms with Gasteiger partial charge in [-0.15, -0.1) is 0 Å². The Hall–Kier alpha value is -2.14. The summed E-state index contributed by atoms with van der Waals surface area (Å²) in [6, 6.07) is 9.50. The van der Waals surface area contributed by atoms with E-state index in [-0.39, 0.29) is 23.7 Å². The summed E-state index contributed by atoms with van der Waals surface area (Å²) in [5.74, 6) is 0.103. The lowest BCUT2D eigenvalue weighted by atomic mass is 10.0. The van der Waals surface area contributed by atoms with Gasteiger partial charge in [-0.25, -0.2) is 0 Å². The Kier molecular flexibility index (Phi) is 5.33. The summed E-state index contributed by atoms with van der Waals surface area (Å²) in [5.41, 5.74) is 2.72. The van der Waals surface area contributed by atoms with Crippen LogP contribution in [0.4, 0.5) is 0 Å². The van der Waals surface area contributed by atoms with E-state index in [0.717, 1.165) is 11.1 Å². The third-order valence-corrected chi connectivity index (χ3v) is 3.44. The number of carbonyl (C=O) groups excluding carboxylic acids is 1. The maximum atomic E-state index is 12.0. The van der Waals surface area contributed by atoms with Crippen LogP contribution < -0.4 is 5.32 Å². The lowest BCUT2D eigenvalue weighted by Crippen LogP contribution is -2.29. The minimum absolute atomic E-state index is 0.194. The van der Waals surface area contributed by atoms with Crippen molar-refractivity contribution in [3.05, 3.63) is 41.7 Å². The smallest absolute Gasteiger partial charge is 0.289 e. The first-order valence-corrected chi connectivity index (χ1v) is 7.45. The van der Waals surface area contributed by atoms with E-state index < -0.39 is 0 Å². The molecule has 0 aliphatic carbocycles. The predicted molar refractivity (Wildman–Crippen MR) is 84.5 cm³/mol. The Labute approximate surface area is 130 Å². The molecule has 0 aliphatic rings. The minimum atomic E-state index is -0.370. The van der Waals surface area contributed by atoms with Crippen LogP contribution in [-0.2, 0) is 0 Å². The monoisotopic (exact) mass is 302 g/mol. The topological polar surface area (TPSA) is 75.4 Å². The standard InChI is InChI=1S/C17H22N2O3/c1-11-4-6-14(7-5-11)15-9-16(22-19-15)17(21)18-10-12(2)8-13(3)20/h4-7,9,12-13,20H,8,10H2,1-3H3,(H,18,21). The molecule has 0 bridgehead atoms. The predicted octanol–water partition coefficient (Wildman–Crippen LogP) is 2.79. The largest absolute Gasteiger partial charge is 0.393 e. The number of aliphatic hydroxyl groups is 1. The van der Waals surface area contributed by atoms with Crippen LogP contribution in [0.5, 0.6) is 0 Å². The summed E-state index contributed by atoms with van der Waals surface area (Å²) in [7, 11) is 0. The third-order valence-electron chi connectivity index (χ3n) is 3.44. The van der Waals surface area contributed by atoms with Crippen molar-refractivity contribution in [1.29, 1.82) is 0 Å². The van der Waals surface area contributed by atoms with Gasteiger partial charge >= 0.3 is 0 Å². The number of nitrogens with one attached hydrogen (secondary N) is 1. The molecule has 5 heteroatoms. The van der Waals surface area contributed by atoms with Crippen molar-refractivity contribution in [3.8, 4) is 11.3 Å². The molecule has 2 atom stereocenters. The van der Waals surface area contributed by atoms with Crippen LogP contribution in [0.2, 0.25) is 0 Å². The Balaban J connectivity index is 1.96. The molecule has 0 saturated heterocycles. The number of hydrogen-bond acceptors (Lipinski definition) is 4. The number of benzene rings is 1. The molecule has 5 nitrogen and oxygen atoms in total. The first-order valence-electron chi connectivity index (χ1n) is 7.45. The lowest BCUT2D eigenvalue weighted by Gasteiger charge is -2.13. The fourth-order valence-corrected chi connectivity index (χ4v) is 2.26. The molecule has 2 unspecified atom stereocenters. The van der Waals surface area contributed by atoms with E-state index in [1.54, 1.807) is 13.0 Å². The summed E-state index contributed by atoms with van der Waals surface area (Å²) in [5, 5.41) is 16.0. The molecule has 0 spiro atoms. The van der Waals surface area contributed by atoms with Gasteiger partial charge in [-0.3, -0.25) is 4.79 Å². The molecular weight excluding hydrogens is 280 g/mol. The second-order valence-corrected chi connectivity index (χ2v) is 5.84. The first kappa shape index (κ1) is 16.2. The zero-order valence-electron chi connectivity index (χ0n) is 13.2. The zero-order chi connectivity index (χ0) is 16.1. The molecule has 0 fully saturated rings. The van der Waals surface area contributed by atoms with Gasteiger partial charge in [0, 0.05) is 18.2 Å². The highest BCUT2D eigenvalue weighted by Gasteiger charge is 2.15. The molecule has 2 aromatic rings. The van der Waals surface area contributed by atoms with Gasteiger partial charge in [0.15, 0.2) is 0 Å². The quantitative estimate of drug-likeness (QED) is 0.860. The molecule has 1 aromatic heterocycles. The average Bonchev–Trinajstić information content (AvgIpc) is 2.94.